The molecule has 1 fully saturated rings. The largest absolute Gasteiger partial charge is 0.313 e. The van der Waals surface area contributed by atoms with Gasteiger partial charge in [-0.2, -0.15) is 0 Å². The van der Waals surface area contributed by atoms with E-state index in [0.717, 1.165) is 19.5 Å². The first-order valence-corrected chi connectivity index (χ1v) is 5.55. The first-order valence-electron chi connectivity index (χ1n) is 5.55. The molecular formula is C10H20N4O2. The van der Waals surface area contributed by atoms with Crippen molar-refractivity contribution in [3.8, 4) is 0 Å². The van der Waals surface area contributed by atoms with Gasteiger partial charge in [0.25, 0.3) is 5.91 Å². The SMILES string of the molecule is CC(=O)NNC(=O)CN(C)CC1CCCN1. The van der Waals surface area contributed by atoms with Crippen molar-refractivity contribution in [2.45, 2.75) is 25.8 Å². The van der Waals surface area contributed by atoms with Crippen molar-refractivity contribution in [1.29, 1.82) is 0 Å². The summed E-state index contributed by atoms with van der Waals surface area (Å²) >= 11 is 0. The van der Waals surface area contributed by atoms with Crippen LogP contribution in [0.1, 0.15) is 19.8 Å². The molecule has 2 amide bonds. The molecule has 1 aliphatic heterocycles. The van der Waals surface area contributed by atoms with E-state index in [-0.39, 0.29) is 11.8 Å². The summed E-state index contributed by atoms with van der Waals surface area (Å²) in [5.41, 5.74) is 4.60. The molecule has 92 valence electrons. The molecule has 3 N–H and O–H groups in total. The van der Waals surface area contributed by atoms with Crippen LogP contribution in [0.25, 0.3) is 0 Å². The molecule has 16 heavy (non-hydrogen) atoms. The van der Waals surface area contributed by atoms with Crippen LogP contribution < -0.4 is 16.2 Å². The van der Waals surface area contributed by atoms with E-state index in [1.165, 1.54) is 13.3 Å². The lowest BCUT2D eigenvalue weighted by molar-refractivity contribution is -0.128. The van der Waals surface area contributed by atoms with Gasteiger partial charge in [0, 0.05) is 19.5 Å². The van der Waals surface area contributed by atoms with E-state index < -0.39 is 0 Å². The molecule has 0 radical (unpaired) electrons. The number of likely N-dealkylation sites (N-methyl/N-ethyl adjacent to an activating group) is 1. The van der Waals surface area contributed by atoms with Crippen molar-refractivity contribution in [2.24, 2.45) is 0 Å². The van der Waals surface area contributed by atoms with E-state index in [9.17, 15) is 9.59 Å². The summed E-state index contributed by atoms with van der Waals surface area (Å²) in [7, 11) is 1.90. The lowest BCUT2D eigenvalue weighted by Gasteiger charge is -2.20. The first-order chi connectivity index (χ1) is 7.58. The summed E-state index contributed by atoms with van der Waals surface area (Å²) in [5.74, 6) is -0.468. The van der Waals surface area contributed by atoms with E-state index >= 15 is 0 Å². The Kier molecular flexibility index (Phi) is 5.21. The number of hydrogen-bond acceptors (Lipinski definition) is 4. The zero-order chi connectivity index (χ0) is 12.0. The standard InChI is InChI=1S/C10H20N4O2/c1-8(15)12-13-10(16)7-14(2)6-9-4-3-5-11-9/h9,11H,3-7H2,1-2H3,(H,12,15)(H,13,16). The Morgan fingerprint density at radius 2 is 2.19 bits per heavy atom. The summed E-state index contributed by atoms with van der Waals surface area (Å²) in [4.78, 5) is 23.9. The second-order valence-corrected chi connectivity index (χ2v) is 4.22. The third kappa shape index (κ3) is 5.09. The van der Waals surface area contributed by atoms with Crippen molar-refractivity contribution in [3.05, 3.63) is 0 Å². The second-order valence-electron chi connectivity index (χ2n) is 4.22. The summed E-state index contributed by atoms with van der Waals surface area (Å²) in [6.45, 7) is 3.56. The van der Waals surface area contributed by atoms with Crippen LogP contribution >= 0.6 is 0 Å². The Bertz CT molecular complexity index is 251. The minimum atomic E-state index is -0.270. The molecule has 1 aliphatic rings. The number of hydrogen-bond donors (Lipinski definition) is 3. The molecule has 0 aromatic rings. The predicted octanol–water partition coefficient (Wildman–Crippen LogP) is -1.16. The highest BCUT2D eigenvalue weighted by Gasteiger charge is 2.17. The van der Waals surface area contributed by atoms with Crippen molar-refractivity contribution < 1.29 is 9.59 Å². The smallest absolute Gasteiger partial charge is 0.252 e. The van der Waals surface area contributed by atoms with Crippen LogP contribution in [-0.2, 0) is 9.59 Å². The van der Waals surface area contributed by atoms with E-state index in [2.05, 4.69) is 16.2 Å². The number of carbonyl (C=O) groups excluding carboxylic acids is 2. The van der Waals surface area contributed by atoms with Gasteiger partial charge in [0.05, 0.1) is 6.54 Å². The number of rotatable bonds is 4. The molecule has 1 saturated heterocycles. The van der Waals surface area contributed by atoms with Crippen LogP contribution in [0.4, 0.5) is 0 Å². The van der Waals surface area contributed by atoms with Crippen LogP contribution in [-0.4, -0.2) is 49.4 Å². The molecular weight excluding hydrogens is 208 g/mol. The zero-order valence-corrected chi connectivity index (χ0v) is 9.88. The highest BCUT2D eigenvalue weighted by atomic mass is 16.2. The Hall–Kier alpha value is -1.14. The molecule has 1 heterocycles. The molecule has 0 aliphatic carbocycles. The van der Waals surface area contributed by atoms with Gasteiger partial charge in [-0.25, -0.2) is 0 Å². The van der Waals surface area contributed by atoms with Crippen LogP contribution in [0.15, 0.2) is 0 Å². The van der Waals surface area contributed by atoms with Crippen molar-refractivity contribution >= 4 is 11.8 Å². The minimum absolute atomic E-state index is 0.198. The lowest BCUT2D eigenvalue weighted by Crippen LogP contribution is -2.46. The van der Waals surface area contributed by atoms with E-state index in [0.29, 0.717) is 12.6 Å². The Morgan fingerprint density at radius 1 is 1.44 bits per heavy atom. The predicted molar refractivity (Wildman–Crippen MR) is 60.5 cm³/mol. The van der Waals surface area contributed by atoms with Crippen LogP contribution in [0.5, 0.6) is 0 Å². The van der Waals surface area contributed by atoms with Crippen molar-refractivity contribution in [3.63, 3.8) is 0 Å². The molecule has 1 rings (SSSR count). The Balaban J connectivity index is 2.14. The quantitative estimate of drug-likeness (QED) is 0.531. The summed E-state index contributed by atoms with van der Waals surface area (Å²) in [5, 5.41) is 3.37. The van der Waals surface area contributed by atoms with E-state index in [1.807, 2.05) is 11.9 Å². The van der Waals surface area contributed by atoms with Gasteiger partial charge in [-0.15, -0.1) is 0 Å². The van der Waals surface area contributed by atoms with Gasteiger partial charge in [-0.05, 0) is 26.4 Å². The molecule has 6 nitrogen and oxygen atoms in total. The average Bonchev–Trinajstić information content (AvgIpc) is 2.67. The third-order valence-corrected chi connectivity index (χ3v) is 2.49. The van der Waals surface area contributed by atoms with Gasteiger partial charge in [0.2, 0.25) is 5.91 Å². The fraction of sp³-hybridized carbons (Fsp3) is 0.800. The number of nitrogens with zero attached hydrogens (tertiary/aromatic N) is 1. The molecule has 6 heteroatoms. The van der Waals surface area contributed by atoms with Gasteiger partial charge in [0.15, 0.2) is 0 Å². The molecule has 1 unspecified atom stereocenters. The zero-order valence-electron chi connectivity index (χ0n) is 9.88. The summed E-state index contributed by atoms with van der Waals surface area (Å²) in [6, 6.07) is 0.485. The van der Waals surface area contributed by atoms with Gasteiger partial charge in [-0.1, -0.05) is 0 Å². The van der Waals surface area contributed by atoms with E-state index in [1.54, 1.807) is 0 Å². The maximum absolute atomic E-state index is 11.3. The summed E-state index contributed by atoms with van der Waals surface area (Å²) in [6.07, 6.45) is 2.37. The fourth-order valence-corrected chi connectivity index (χ4v) is 1.80. The van der Waals surface area contributed by atoms with Crippen LogP contribution in [0.3, 0.4) is 0 Å². The molecule has 0 spiro atoms. The lowest BCUT2D eigenvalue weighted by atomic mass is 10.2. The van der Waals surface area contributed by atoms with Gasteiger partial charge < -0.3 is 5.32 Å². The topological polar surface area (TPSA) is 73.5 Å². The number of nitrogens with one attached hydrogen (secondary N) is 3. The first kappa shape index (κ1) is 12.9. The molecule has 0 saturated carbocycles. The minimum Gasteiger partial charge on any atom is -0.313 e. The molecule has 0 aromatic carbocycles. The number of hydrazine groups is 1. The third-order valence-electron chi connectivity index (χ3n) is 2.49. The van der Waals surface area contributed by atoms with Crippen LogP contribution in [0.2, 0.25) is 0 Å². The average molecular weight is 228 g/mol. The van der Waals surface area contributed by atoms with Gasteiger partial charge in [-0.3, -0.25) is 25.3 Å². The molecule has 1 atom stereocenters. The second kappa shape index (κ2) is 6.44. The number of amides is 2. The highest BCUT2D eigenvalue weighted by Crippen LogP contribution is 2.05. The van der Waals surface area contributed by atoms with Crippen LogP contribution in [0, 0.1) is 0 Å². The van der Waals surface area contributed by atoms with Crippen molar-refractivity contribution in [1.82, 2.24) is 21.1 Å². The Labute approximate surface area is 95.7 Å². The maximum Gasteiger partial charge on any atom is 0.252 e. The molecule has 0 aromatic heterocycles. The summed E-state index contributed by atoms with van der Waals surface area (Å²) < 4.78 is 0. The van der Waals surface area contributed by atoms with Gasteiger partial charge >= 0.3 is 0 Å². The van der Waals surface area contributed by atoms with Crippen molar-refractivity contribution in [2.75, 3.05) is 26.7 Å². The number of carbonyl (C=O) groups is 2. The monoisotopic (exact) mass is 228 g/mol. The Morgan fingerprint density at radius 3 is 2.75 bits per heavy atom. The van der Waals surface area contributed by atoms with E-state index in [4.69, 9.17) is 0 Å². The fourth-order valence-electron chi connectivity index (χ4n) is 1.80. The highest BCUT2D eigenvalue weighted by molar-refractivity contribution is 5.81. The maximum atomic E-state index is 11.3. The molecule has 0 bridgehead atoms. The normalized spacial score (nSPS) is 19.8. The van der Waals surface area contributed by atoms with Gasteiger partial charge in [0.1, 0.15) is 0 Å².